The number of fused-ring (bicyclic) bond motifs is 1. The van der Waals surface area contributed by atoms with Crippen molar-refractivity contribution in [2.24, 2.45) is 7.05 Å². The molecule has 0 saturated carbocycles. The lowest BCUT2D eigenvalue weighted by Gasteiger charge is -2.08. The predicted molar refractivity (Wildman–Crippen MR) is 91.5 cm³/mol. The Balaban J connectivity index is 2.17. The first-order valence-electron chi connectivity index (χ1n) is 7.19. The molecule has 3 aromatic rings. The van der Waals surface area contributed by atoms with Crippen molar-refractivity contribution in [3.8, 4) is 11.3 Å². The molecule has 7 nitrogen and oxygen atoms in total. The first-order chi connectivity index (χ1) is 11.5. The van der Waals surface area contributed by atoms with Gasteiger partial charge in [0.1, 0.15) is 11.6 Å². The Kier molecular flexibility index (Phi) is 4.50. The molecule has 0 aliphatic carbocycles. The third kappa shape index (κ3) is 2.98. The lowest BCUT2D eigenvalue weighted by molar-refractivity contribution is 0.210. The molecule has 0 atom stereocenters. The number of rotatable bonds is 5. The maximum atomic E-state index is 13.5. The van der Waals surface area contributed by atoms with E-state index in [9.17, 15) is 4.39 Å². The molecule has 0 saturated heterocycles. The fourth-order valence-electron chi connectivity index (χ4n) is 2.31. The average molecular weight is 351 g/mol. The van der Waals surface area contributed by atoms with Gasteiger partial charge in [0.05, 0.1) is 22.7 Å². The number of methoxy groups -OCH3 is 1. The van der Waals surface area contributed by atoms with Crippen LogP contribution in [-0.4, -0.2) is 40.0 Å². The summed E-state index contributed by atoms with van der Waals surface area (Å²) in [6.07, 6.45) is 0. The summed E-state index contributed by atoms with van der Waals surface area (Å²) >= 11 is 5.90. The standard InChI is InChI=1S/C15H16ClFN6O/c1-23-13(18)11-12(8-3-4-10(17)9(16)7-8)20-15(19-5-6-24-2)21-14(11)22-23/h3-4,7H,5-6,18H2,1-2H3,(H,19,21,22). The molecule has 3 rings (SSSR count). The monoisotopic (exact) mass is 350 g/mol. The molecule has 0 spiro atoms. The van der Waals surface area contributed by atoms with Crippen LogP contribution in [0.1, 0.15) is 0 Å². The average Bonchev–Trinajstić information content (AvgIpc) is 2.84. The van der Waals surface area contributed by atoms with Gasteiger partial charge in [-0.05, 0) is 18.2 Å². The number of benzene rings is 1. The van der Waals surface area contributed by atoms with E-state index < -0.39 is 5.82 Å². The van der Waals surface area contributed by atoms with Gasteiger partial charge in [0.25, 0.3) is 0 Å². The number of anilines is 2. The number of halogens is 2. The number of hydrogen-bond donors (Lipinski definition) is 2. The van der Waals surface area contributed by atoms with Crippen molar-refractivity contribution >= 4 is 34.4 Å². The maximum Gasteiger partial charge on any atom is 0.225 e. The lowest BCUT2D eigenvalue weighted by atomic mass is 10.1. The lowest BCUT2D eigenvalue weighted by Crippen LogP contribution is -2.10. The van der Waals surface area contributed by atoms with Gasteiger partial charge < -0.3 is 15.8 Å². The first-order valence-corrected chi connectivity index (χ1v) is 7.57. The van der Waals surface area contributed by atoms with Crippen molar-refractivity contribution in [2.75, 3.05) is 31.3 Å². The van der Waals surface area contributed by atoms with Gasteiger partial charge in [0, 0.05) is 26.3 Å². The Morgan fingerprint density at radius 3 is 2.88 bits per heavy atom. The van der Waals surface area contributed by atoms with Gasteiger partial charge in [0.15, 0.2) is 5.65 Å². The van der Waals surface area contributed by atoms with Gasteiger partial charge in [-0.1, -0.05) is 11.6 Å². The second-order valence-electron chi connectivity index (χ2n) is 5.15. The Labute approximate surface area is 142 Å². The second-order valence-corrected chi connectivity index (χ2v) is 5.56. The zero-order chi connectivity index (χ0) is 17.3. The summed E-state index contributed by atoms with van der Waals surface area (Å²) in [5.41, 5.74) is 7.70. The number of ether oxygens (including phenoxy) is 1. The van der Waals surface area contributed by atoms with E-state index >= 15 is 0 Å². The van der Waals surface area contributed by atoms with Crippen molar-refractivity contribution in [3.05, 3.63) is 29.0 Å². The van der Waals surface area contributed by atoms with Crippen molar-refractivity contribution in [2.45, 2.75) is 0 Å². The van der Waals surface area contributed by atoms with E-state index in [1.165, 1.54) is 16.8 Å². The van der Waals surface area contributed by atoms with Gasteiger partial charge in [-0.25, -0.2) is 9.37 Å². The van der Waals surface area contributed by atoms with Gasteiger partial charge in [0.2, 0.25) is 5.95 Å². The summed E-state index contributed by atoms with van der Waals surface area (Å²) in [6, 6.07) is 4.38. The zero-order valence-electron chi connectivity index (χ0n) is 13.2. The van der Waals surface area contributed by atoms with E-state index in [4.69, 9.17) is 22.1 Å². The smallest absolute Gasteiger partial charge is 0.225 e. The van der Waals surface area contributed by atoms with E-state index in [1.54, 1.807) is 20.2 Å². The molecule has 0 unspecified atom stereocenters. The summed E-state index contributed by atoms with van der Waals surface area (Å²) in [6.45, 7) is 1.04. The summed E-state index contributed by atoms with van der Waals surface area (Å²) in [5, 5.41) is 7.95. The highest BCUT2D eigenvalue weighted by Crippen LogP contribution is 2.32. The molecule has 24 heavy (non-hydrogen) atoms. The minimum atomic E-state index is -0.497. The SMILES string of the molecule is COCCNc1nc(-c2ccc(F)c(Cl)c2)c2c(N)n(C)nc2n1. The Hall–Kier alpha value is -2.45. The van der Waals surface area contributed by atoms with Crippen LogP contribution < -0.4 is 11.1 Å². The van der Waals surface area contributed by atoms with Crippen LogP contribution in [0.2, 0.25) is 5.02 Å². The topological polar surface area (TPSA) is 90.9 Å². The number of aromatic nitrogens is 4. The van der Waals surface area contributed by atoms with Crippen LogP contribution in [0.15, 0.2) is 18.2 Å². The number of nitrogens with two attached hydrogens (primary N) is 1. The predicted octanol–water partition coefficient (Wildman–Crippen LogP) is 2.46. The molecule has 0 fully saturated rings. The fourth-order valence-corrected chi connectivity index (χ4v) is 2.49. The minimum absolute atomic E-state index is 0.00983. The number of nitrogen functional groups attached to an aromatic ring is 1. The second kappa shape index (κ2) is 6.58. The molecular weight excluding hydrogens is 335 g/mol. The molecule has 0 bridgehead atoms. The van der Waals surface area contributed by atoms with Crippen LogP contribution in [0, 0.1) is 5.82 Å². The van der Waals surface area contributed by atoms with Crippen molar-refractivity contribution in [1.82, 2.24) is 19.7 Å². The molecular formula is C15H16ClFN6O. The number of nitrogens with zero attached hydrogens (tertiary/aromatic N) is 4. The summed E-state index contributed by atoms with van der Waals surface area (Å²) < 4.78 is 20.0. The third-order valence-electron chi connectivity index (χ3n) is 3.52. The van der Waals surface area contributed by atoms with E-state index in [1.807, 2.05) is 0 Å². The van der Waals surface area contributed by atoms with E-state index in [0.717, 1.165) is 0 Å². The molecule has 0 aliphatic heterocycles. The molecule has 126 valence electrons. The van der Waals surface area contributed by atoms with Crippen molar-refractivity contribution in [1.29, 1.82) is 0 Å². The van der Waals surface area contributed by atoms with Gasteiger partial charge in [-0.3, -0.25) is 4.68 Å². The van der Waals surface area contributed by atoms with Crippen LogP contribution in [0.5, 0.6) is 0 Å². The van der Waals surface area contributed by atoms with Crippen LogP contribution in [0.25, 0.3) is 22.3 Å². The highest BCUT2D eigenvalue weighted by atomic mass is 35.5. The van der Waals surface area contributed by atoms with E-state index in [-0.39, 0.29) is 5.02 Å². The van der Waals surface area contributed by atoms with Crippen molar-refractivity contribution in [3.63, 3.8) is 0 Å². The van der Waals surface area contributed by atoms with Crippen molar-refractivity contribution < 1.29 is 9.13 Å². The molecule has 2 heterocycles. The molecule has 0 radical (unpaired) electrons. The highest BCUT2D eigenvalue weighted by molar-refractivity contribution is 6.31. The third-order valence-corrected chi connectivity index (χ3v) is 3.81. The largest absolute Gasteiger partial charge is 0.383 e. The number of hydrogen-bond acceptors (Lipinski definition) is 6. The van der Waals surface area contributed by atoms with Gasteiger partial charge >= 0.3 is 0 Å². The maximum absolute atomic E-state index is 13.5. The van der Waals surface area contributed by atoms with E-state index in [2.05, 4.69) is 20.4 Å². The quantitative estimate of drug-likeness (QED) is 0.687. The summed E-state index contributed by atoms with van der Waals surface area (Å²) in [7, 11) is 3.33. The highest BCUT2D eigenvalue weighted by Gasteiger charge is 2.17. The molecule has 2 aromatic heterocycles. The molecule has 1 aromatic carbocycles. The molecule has 3 N–H and O–H groups in total. The Morgan fingerprint density at radius 1 is 1.38 bits per heavy atom. The summed E-state index contributed by atoms with van der Waals surface area (Å²) in [4.78, 5) is 8.85. The minimum Gasteiger partial charge on any atom is -0.383 e. The van der Waals surface area contributed by atoms with Crippen LogP contribution in [0.4, 0.5) is 16.2 Å². The normalized spacial score (nSPS) is 11.2. The van der Waals surface area contributed by atoms with Crippen LogP contribution in [0.3, 0.4) is 0 Å². The van der Waals surface area contributed by atoms with Gasteiger partial charge in [-0.15, -0.1) is 0 Å². The first kappa shape index (κ1) is 16.4. The molecule has 0 aliphatic rings. The van der Waals surface area contributed by atoms with Crippen LogP contribution >= 0.6 is 11.6 Å². The van der Waals surface area contributed by atoms with E-state index in [0.29, 0.717) is 47.2 Å². The molecule has 9 heteroatoms. The fraction of sp³-hybridized carbons (Fsp3) is 0.267. The van der Waals surface area contributed by atoms with Crippen LogP contribution in [-0.2, 0) is 11.8 Å². The Morgan fingerprint density at radius 2 is 2.17 bits per heavy atom. The number of aryl methyl sites for hydroxylation is 1. The molecule has 0 amide bonds. The summed E-state index contributed by atoms with van der Waals surface area (Å²) in [5.74, 6) is 0.306. The van der Waals surface area contributed by atoms with Gasteiger partial charge in [-0.2, -0.15) is 10.1 Å². The number of nitrogens with one attached hydrogen (secondary N) is 1. The Bertz CT molecular complexity index is 897. The zero-order valence-corrected chi connectivity index (χ0v) is 13.9.